The predicted octanol–water partition coefficient (Wildman–Crippen LogP) is 3.10. The van der Waals surface area contributed by atoms with Gasteiger partial charge in [-0.25, -0.2) is 28.4 Å². The number of aromatic amines is 1. The smallest absolute Gasteiger partial charge is 0.257 e. The number of nitrogens with zero attached hydrogens (tertiary/aromatic N) is 8. The van der Waals surface area contributed by atoms with Crippen LogP contribution in [0.15, 0.2) is 35.7 Å². The maximum Gasteiger partial charge on any atom is 0.257 e. The van der Waals surface area contributed by atoms with Gasteiger partial charge in [-0.3, -0.25) is 14.8 Å². The quantitative estimate of drug-likeness (QED) is 0.206. The molecule has 1 atom stereocenters. The van der Waals surface area contributed by atoms with Crippen molar-refractivity contribution in [1.29, 1.82) is 0 Å². The molecule has 2 aliphatic rings. The normalized spacial score (nSPS) is 17.7. The second-order valence-electron chi connectivity index (χ2n) is 14.0. The molecule has 2 fully saturated rings. The summed E-state index contributed by atoms with van der Waals surface area (Å²) in [6.45, 7) is 17.4. The lowest BCUT2D eigenvalue weighted by atomic mass is 10.2. The largest absolute Gasteiger partial charge is 0.492 e. The summed E-state index contributed by atoms with van der Waals surface area (Å²) >= 11 is 0. The van der Waals surface area contributed by atoms with E-state index in [0.717, 1.165) is 50.5 Å². The van der Waals surface area contributed by atoms with E-state index in [4.69, 9.17) is 4.74 Å². The highest BCUT2D eigenvalue weighted by Crippen LogP contribution is 2.37. The summed E-state index contributed by atoms with van der Waals surface area (Å²) in [5.41, 5.74) is 2.94. The Labute approximate surface area is 293 Å². The van der Waals surface area contributed by atoms with Gasteiger partial charge < -0.3 is 25.2 Å². The van der Waals surface area contributed by atoms with Gasteiger partial charge in [0.2, 0.25) is 5.95 Å². The number of piperazine rings is 2. The molecule has 2 aliphatic heterocycles. The number of hydrogen-bond acceptors (Lipinski definition) is 13. The molecule has 5 heterocycles. The molecule has 15 nitrogen and oxygen atoms in total. The average Bonchev–Trinajstić information content (AvgIpc) is 3.41. The van der Waals surface area contributed by atoms with E-state index in [1.807, 2.05) is 18.7 Å². The minimum Gasteiger partial charge on any atom is -0.492 e. The van der Waals surface area contributed by atoms with Crippen molar-refractivity contribution in [2.24, 2.45) is 0 Å². The lowest BCUT2D eigenvalue weighted by molar-refractivity contribution is 0.0708. The first-order chi connectivity index (χ1) is 23.8. The van der Waals surface area contributed by atoms with Gasteiger partial charge in [-0.15, -0.1) is 0 Å². The maximum absolute atomic E-state index is 13.8. The number of rotatable bonds is 10. The Balaban J connectivity index is 1.07. The number of aromatic nitrogens is 6. The monoisotopic (exact) mass is 705 g/mol. The molecule has 50 heavy (non-hydrogen) atoms. The number of anilines is 3. The van der Waals surface area contributed by atoms with Gasteiger partial charge in [0.1, 0.15) is 22.8 Å². The lowest BCUT2D eigenvalue weighted by Gasteiger charge is -2.34. The Hall–Kier alpha value is -4.41. The predicted molar refractivity (Wildman–Crippen MR) is 192 cm³/mol. The van der Waals surface area contributed by atoms with E-state index in [1.54, 1.807) is 45.3 Å². The first-order valence-corrected chi connectivity index (χ1v) is 18.6. The fraction of sp³-hybridized carbons (Fsp3) is 0.529. The van der Waals surface area contributed by atoms with Crippen LogP contribution < -0.4 is 20.3 Å². The first-order valence-electron chi connectivity index (χ1n) is 17.1. The van der Waals surface area contributed by atoms with Crippen molar-refractivity contribution >= 4 is 44.2 Å². The molecule has 0 saturated carbocycles. The summed E-state index contributed by atoms with van der Waals surface area (Å²) < 4.78 is 32.8. The van der Waals surface area contributed by atoms with Gasteiger partial charge >= 0.3 is 0 Å². The molecule has 3 N–H and O–H groups in total. The van der Waals surface area contributed by atoms with Crippen LogP contribution in [0.1, 0.15) is 55.7 Å². The van der Waals surface area contributed by atoms with Crippen LogP contribution in [-0.2, 0) is 9.84 Å². The SMILES string of the molecule is Cc1[nH]nc(Nc2ncnc3cc(OCCCN4CCN(c5ncc(C(=O)N6CCN[C@H](C)C6)cn5)CC4)c(S(=O)(=O)C(C)(C)C)cc23)c1C. The summed E-state index contributed by atoms with van der Waals surface area (Å²) in [5, 5.41) is 14.4. The molecule has 2 saturated heterocycles. The summed E-state index contributed by atoms with van der Waals surface area (Å²) in [5.74, 6) is 1.94. The van der Waals surface area contributed by atoms with Gasteiger partial charge in [-0.05, 0) is 54.0 Å². The lowest BCUT2D eigenvalue weighted by Crippen LogP contribution is -2.51. The Bertz CT molecular complexity index is 1940. The molecule has 268 valence electrons. The van der Waals surface area contributed by atoms with E-state index < -0.39 is 14.6 Å². The minimum absolute atomic E-state index is 0.0332. The summed E-state index contributed by atoms with van der Waals surface area (Å²) in [7, 11) is -3.78. The number of ether oxygens (including phenoxy) is 1. The fourth-order valence-electron chi connectivity index (χ4n) is 6.07. The summed E-state index contributed by atoms with van der Waals surface area (Å²) in [4.78, 5) is 37.2. The van der Waals surface area contributed by atoms with E-state index in [-0.39, 0.29) is 22.6 Å². The minimum atomic E-state index is -3.78. The molecule has 4 aromatic rings. The number of aryl methyl sites for hydroxylation is 1. The zero-order valence-electron chi connectivity index (χ0n) is 29.7. The third-order valence-corrected chi connectivity index (χ3v) is 11.9. The molecular weight excluding hydrogens is 659 g/mol. The Morgan fingerprint density at radius 3 is 2.42 bits per heavy atom. The second kappa shape index (κ2) is 14.4. The van der Waals surface area contributed by atoms with E-state index >= 15 is 0 Å². The Kier molecular flexibility index (Phi) is 10.2. The fourth-order valence-corrected chi connectivity index (χ4v) is 7.39. The Morgan fingerprint density at radius 2 is 1.76 bits per heavy atom. The first kappa shape index (κ1) is 35.4. The number of benzene rings is 1. The van der Waals surface area contributed by atoms with E-state index in [1.165, 1.54) is 6.33 Å². The molecule has 0 bridgehead atoms. The zero-order valence-corrected chi connectivity index (χ0v) is 30.5. The number of carbonyl (C=O) groups excluding carboxylic acids is 1. The number of amides is 1. The number of carbonyl (C=O) groups is 1. The molecule has 6 rings (SSSR count). The van der Waals surface area contributed by atoms with Crippen molar-refractivity contribution in [1.82, 2.24) is 45.2 Å². The number of fused-ring (bicyclic) bond motifs is 1. The molecule has 16 heteroatoms. The van der Waals surface area contributed by atoms with Crippen molar-refractivity contribution < 1.29 is 17.9 Å². The molecule has 3 aromatic heterocycles. The van der Waals surface area contributed by atoms with E-state index in [0.29, 0.717) is 60.2 Å². The molecule has 1 amide bonds. The molecular formula is C34H47N11O4S. The van der Waals surface area contributed by atoms with Crippen LogP contribution in [0, 0.1) is 13.8 Å². The van der Waals surface area contributed by atoms with Gasteiger partial charge in [0.25, 0.3) is 5.91 Å². The summed E-state index contributed by atoms with van der Waals surface area (Å²) in [6.07, 6.45) is 5.41. The molecule has 0 radical (unpaired) electrons. The van der Waals surface area contributed by atoms with Crippen molar-refractivity contribution in [2.75, 3.05) is 69.2 Å². The zero-order chi connectivity index (χ0) is 35.6. The van der Waals surface area contributed by atoms with Crippen molar-refractivity contribution in [2.45, 2.75) is 63.6 Å². The number of H-pyrrole nitrogens is 1. The van der Waals surface area contributed by atoms with Crippen LogP contribution >= 0.6 is 0 Å². The molecule has 0 unspecified atom stereocenters. The Morgan fingerprint density at radius 1 is 1.02 bits per heavy atom. The van der Waals surface area contributed by atoms with Gasteiger partial charge in [0.15, 0.2) is 15.7 Å². The van der Waals surface area contributed by atoms with Crippen LogP contribution in [0.5, 0.6) is 5.75 Å². The van der Waals surface area contributed by atoms with Gasteiger partial charge in [0.05, 0.1) is 22.4 Å². The topological polar surface area (TPSA) is 174 Å². The highest BCUT2D eigenvalue weighted by molar-refractivity contribution is 7.92. The van der Waals surface area contributed by atoms with Gasteiger partial charge in [-0.1, -0.05) is 0 Å². The number of nitrogens with one attached hydrogen (secondary N) is 3. The van der Waals surface area contributed by atoms with Gasteiger partial charge in [-0.2, -0.15) is 5.10 Å². The molecule has 0 aliphatic carbocycles. The van der Waals surface area contributed by atoms with E-state index in [2.05, 4.69) is 57.5 Å². The molecule has 1 aromatic carbocycles. The van der Waals surface area contributed by atoms with Crippen LogP contribution in [-0.4, -0.2) is 124 Å². The average molecular weight is 706 g/mol. The number of sulfone groups is 1. The van der Waals surface area contributed by atoms with Crippen LogP contribution in [0.3, 0.4) is 0 Å². The maximum atomic E-state index is 13.8. The van der Waals surface area contributed by atoms with E-state index in [9.17, 15) is 13.2 Å². The number of hydrogen-bond donors (Lipinski definition) is 3. The molecule has 0 spiro atoms. The van der Waals surface area contributed by atoms with Crippen molar-refractivity contribution in [3.05, 3.63) is 47.7 Å². The second-order valence-corrected chi connectivity index (χ2v) is 16.7. The van der Waals surface area contributed by atoms with Crippen molar-refractivity contribution in [3.63, 3.8) is 0 Å². The third kappa shape index (κ3) is 7.51. The standard InChI is InChI=1S/C34H47N11O4S/c1-22-20-45(10-8-35-22)32(46)25-18-36-33(37-19-25)44-13-11-43(12-14-44)9-7-15-49-28-17-27-26(16-29(28)50(47,48)34(4,5)6)31(39-21-38-27)40-30-23(2)24(3)41-42-30/h16-19,21-22,35H,7-15,20H2,1-6H3,(H2,38,39,40,41,42)/t22-/m1/s1. The summed E-state index contributed by atoms with van der Waals surface area (Å²) in [6, 6.07) is 3.56. The van der Waals surface area contributed by atoms with Gasteiger partial charge in [0, 0.05) is 93.5 Å². The third-order valence-electron chi connectivity index (χ3n) is 9.36. The van der Waals surface area contributed by atoms with Crippen LogP contribution in [0.25, 0.3) is 10.9 Å². The highest BCUT2D eigenvalue weighted by Gasteiger charge is 2.34. The van der Waals surface area contributed by atoms with Crippen molar-refractivity contribution in [3.8, 4) is 5.75 Å². The van der Waals surface area contributed by atoms with Crippen LogP contribution in [0.2, 0.25) is 0 Å². The van der Waals surface area contributed by atoms with Crippen LogP contribution in [0.4, 0.5) is 17.6 Å². The highest BCUT2D eigenvalue weighted by atomic mass is 32.2.